The van der Waals surface area contributed by atoms with E-state index in [-0.39, 0.29) is 11.3 Å². The zero-order valence-electron chi connectivity index (χ0n) is 11.3. The van der Waals surface area contributed by atoms with Gasteiger partial charge in [0.2, 0.25) is 10.0 Å². The zero-order chi connectivity index (χ0) is 13.3. The molecule has 2 aliphatic rings. The molecule has 2 aliphatic heterocycles. The van der Waals surface area contributed by atoms with E-state index in [4.69, 9.17) is 0 Å². The van der Waals surface area contributed by atoms with Crippen LogP contribution in [0.25, 0.3) is 0 Å². The van der Waals surface area contributed by atoms with E-state index in [1.165, 1.54) is 17.1 Å². The van der Waals surface area contributed by atoms with Crippen LogP contribution in [0, 0.1) is 0 Å². The van der Waals surface area contributed by atoms with E-state index in [1.54, 1.807) is 20.0 Å². The van der Waals surface area contributed by atoms with Crippen LogP contribution in [0.1, 0.15) is 33.6 Å². The lowest BCUT2D eigenvalue weighted by Gasteiger charge is -2.32. The minimum Gasteiger partial charge on any atom is -0.370 e. The molecule has 2 heterocycles. The Kier molecular flexibility index (Phi) is 3.71. The number of likely N-dealkylation sites (tertiary alicyclic amines) is 1. The molecule has 102 valence electrons. The van der Waals surface area contributed by atoms with Crippen molar-refractivity contribution in [2.45, 2.75) is 44.9 Å². The Labute approximate surface area is 110 Å². The highest BCUT2D eigenvalue weighted by Gasteiger charge is 2.29. The van der Waals surface area contributed by atoms with Crippen molar-refractivity contribution in [3.8, 4) is 0 Å². The Hall–Kier alpha value is -0.970. The van der Waals surface area contributed by atoms with Gasteiger partial charge in [0.25, 0.3) is 0 Å². The van der Waals surface area contributed by atoms with Gasteiger partial charge in [-0.05, 0) is 39.7 Å². The van der Waals surface area contributed by atoms with E-state index in [9.17, 15) is 8.42 Å². The van der Waals surface area contributed by atoms with Crippen molar-refractivity contribution in [2.24, 2.45) is 0 Å². The molecule has 1 atom stereocenters. The predicted molar refractivity (Wildman–Crippen MR) is 73.4 cm³/mol. The lowest BCUT2D eigenvalue weighted by atomic mass is 10.2. The van der Waals surface area contributed by atoms with Crippen molar-refractivity contribution >= 4 is 10.0 Å². The summed E-state index contributed by atoms with van der Waals surface area (Å²) in [5.41, 5.74) is 1.02. The minimum absolute atomic E-state index is 0.0937. The number of rotatable bonds is 3. The van der Waals surface area contributed by atoms with Crippen LogP contribution in [-0.4, -0.2) is 42.0 Å². The molecule has 0 aliphatic carbocycles. The van der Waals surface area contributed by atoms with Gasteiger partial charge in [-0.1, -0.05) is 6.08 Å². The molecule has 1 saturated heterocycles. The second kappa shape index (κ2) is 4.96. The topological polar surface area (TPSA) is 40.6 Å². The van der Waals surface area contributed by atoms with Gasteiger partial charge in [0, 0.05) is 19.3 Å². The number of hydrogen-bond donors (Lipinski definition) is 0. The van der Waals surface area contributed by atoms with E-state index in [1.807, 2.05) is 19.1 Å². The Morgan fingerprint density at radius 3 is 2.44 bits per heavy atom. The maximum Gasteiger partial charge on any atom is 0.237 e. The maximum atomic E-state index is 12.3. The first-order valence-corrected chi connectivity index (χ1v) is 8.10. The van der Waals surface area contributed by atoms with Crippen LogP contribution < -0.4 is 0 Å². The molecular weight excluding hydrogens is 248 g/mol. The molecule has 0 amide bonds. The average Bonchev–Trinajstić information content (AvgIpc) is 2.82. The van der Waals surface area contributed by atoms with Crippen LogP contribution >= 0.6 is 0 Å². The lowest BCUT2D eigenvalue weighted by molar-refractivity contribution is 0.400. The second-order valence-corrected chi connectivity index (χ2v) is 7.67. The summed E-state index contributed by atoms with van der Waals surface area (Å²) in [5.74, 6) is 0. The SMILES string of the molecule is CC1C=CC(N2CCCC2)=CN1S(=O)(=O)C(C)C. The minimum atomic E-state index is -3.23. The fourth-order valence-electron chi connectivity index (χ4n) is 2.32. The summed E-state index contributed by atoms with van der Waals surface area (Å²) in [7, 11) is -3.23. The number of allylic oxidation sites excluding steroid dienone is 1. The van der Waals surface area contributed by atoms with Crippen LogP contribution in [-0.2, 0) is 10.0 Å². The number of nitrogens with zero attached hydrogens (tertiary/aromatic N) is 2. The quantitative estimate of drug-likeness (QED) is 0.786. The molecule has 2 rings (SSSR count). The third kappa shape index (κ3) is 2.41. The molecule has 0 aromatic carbocycles. The molecule has 0 bridgehead atoms. The van der Waals surface area contributed by atoms with E-state index in [0.717, 1.165) is 18.8 Å². The summed E-state index contributed by atoms with van der Waals surface area (Å²) in [5, 5.41) is -0.387. The normalized spacial score (nSPS) is 24.9. The van der Waals surface area contributed by atoms with E-state index in [2.05, 4.69) is 4.90 Å². The van der Waals surface area contributed by atoms with Crippen molar-refractivity contribution in [3.63, 3.8) is 0 Å². The van der Waals surface area contributed by atoms with Gasteiger partial charge in [-0.3, -0.25) is 4.31 Å². The molecule has 0 aromatic rings. The molecule has 1 unspecified atom stereocenters. The maximum absolute atomic E-state index is 12.3. The van der Waals surface area contributed by atoms with Gasteiger partial charge in [-0.25, -0.2) is 8.42 Å². The van der Waals surface area contributed by atoms with Gasteiger partial charge in [-0.15, -0.1) is 0 Å². The second-order valence-electron chi connectivity index (χ2n) is 5.27. The molecule has 18 heavy (non-hydrogen) atoms. The van der Waals surface area contributed by atoms with Gasteiger partial charge in [0.15, 0.2) is 0 Å². The highest BCUT2D eigenvalue weighted by molar-refractivity contribution is 7.89. The Morgan fingerprint density at radius 1 is 1.28 bits per heavy atom. The van der Waals surface area contributed by atoms with Gasteiger partial charge in [0.1, 0.15) is 0 Å². The van der Waals surface area contributed by atoms with E-state index in [0.29, 0.717) is 0 Å². The highest BCUT2D eigenvalue weighted by atomic mass is 32.2. The number of sulfonamides is 1. The predicted octanol–water partition coefficient (Wildman–Crippen LogP) is 1.92. The fraction of sp³-hybridized carbons (Fsp3) is 0.692. The average molecular weight is 270 g/mol. The van der Waals surface area contributed by atoms with E-state index < -0.39 is 10.0 Å². The van der Waals surface area contributed by atoms with Crippen LogP contribution in [0.3, 0.4) is 0 Å². The molecule has 0 N–H and O–H groups in total. The Balaban J connectivity index is 2.27. The summed E-state index contributed by atoms with van der Waals surface area (Å²) in [6, 6.07) is -0.0937. The molecule has 0 aromatic heterocycles. The first-order chi connectivity index (χ1) is 8.43. The molecule has 5 heteroatoms. The molecular formula is C13H22N2O2S. The largest absolute Gasteiger partial charge is 0.370 e. The van der Waals surface area contributed by atoms with Gasteiger partial charge < -0.3 is 4.90 Å². The summed E-state index contributed by atoms with van der Waals surface area (Å²) in [4.78, 5) is 2.26. The Morgan fingerprint density at radius 2 is 1.89 bits per heavy atom. The summed E-state index contributed by atoms with van der Waals surface area (Å²) >= 11 is 0. The number of hydrogen-bond acceptors (Lipinski definition) is 3. The first-order valence-electron chi connectivity index (χ1n) is 6.60. The highest BCUT2D eigenvalue weighted by Crippen LogP contribution is 2.24. The molecule has 0 spiro atoms. The van der Waals surface area contributed by atoms with E-state index >= 15 is 0 Å². The fourth-order valence-corrected chi connectivity index (χ4v) is 3.60. The van der Waals surface area contributed by atoms with Crippen molar-refractivity contribution in [2.75, 3.05) is 13.1 Å². The van der Waals surface area contributed by atoms with Crippen molar-refractivity contribution < 1.29 is 8.42 Å². The molecule has 0 radical (unpaired) electrons. The third-order valence-electron chi connectivity index (χ3n) is 3.57. The Bertz CT molecular complexity index is 459. The van der Waals surface area contributed by atoms with Crippen molar-refractivity contribution in [1.29, 1.82) is 0 Å². The monoisotopic (exact) mass is 270 g/mol. The summed E-state index contributed by atoms with van der Waals surface area (Å²) in [6.07, 6.45) is 8.19. The molecule has 0 saturated carbocycles. The summed E-state index contributed by atoms with van der Waals surface area (Å²) < 4.78 is 26.1. The summed E-state index contributed by atoms with van der Waals surface area (Å²) in [6.45, 7) is 7.42. The smallest absolute Gasteiger partial charge is 0.237 e. The van der Waals surface area contributed by atoms with Crippen LogP contribution in [0.4, 0.5) is 0 Å². The lowest BCUT2D eigenvalue weighted by Crippen LogP contribution is -2.40. The molecule has 1 fully saturated rings. The standard InChI is InChI=1S/C13H22N2O2S/c1-11(2)18(16,17)15-10-13(7-6-12(15)3)14-8-4-5-9-14/h6-7,10-12H,4-5,8-9H2,1-3H3. The van der Waals surface area contributed by atoms with Crippen molar-refractivity contribution in [3.05, 3.63) is 24.0 Å². The van der Waals surface area contributed by atoms with Crippen LogP contribution in [0.15, 0.2) is 24.0 Å². The van der Waals surface area contributed by atoms with Gasteiger partial charge >= 0.3 is 0 Å². The van der Waals surface area contributed by atoms with Gasteiger partial charge in [0.05, 0.1) is 17.0 Å². The zero-order valence-corrected chi connectivity index (χ0v) is 12.2. The molecule has 4 nitrogen and oxygen atoms in total. The third-order valence-corrected chi connectivity index (χ3v) is 5.78. The van der Waals surface area contributed by atoms with Gasteiger partial charge in [-0.2, -0.15) is 0 Å². The van der Waals surface area contributed by atoms with Crippen LogP contribution in [0.5, 0.6) is 0 Å². The van der Waals surface area contributed by atoms with Crippen molar-refractivity contribution in [1.82, 2.24) is 9.21 Å². The van der Waals surface area contributed by atoms with Crippen LogP contribution in [0.2, 0.25) is 0 Å². The first kappa shape index (κ1) is 13.5.